The number of nitrogens with zero attached hydrogens (tertiary/aromatic N) is 1. The topological polar surface area (TPSA) is 21.6 Å². The first-order valence-corrected chi connectivity index (χ1v) is 6.92. The Bertz CT molecular complexity index is 580. The van der Waals surface area contributed by atoms with Crippen molar-refractivity contribution in [1.29, 1.82) is 0 Å². The van der Waals surface area contributed by atoms with Gasteiger partial charge in [-0.15, -0.1) is 0 Å². The summed E-state index contributed by atoms with van der Waals surface area (Å²) in [7, 11) is 0. The number of benzene rings is 2. The van der Waals surface area contributed by atoms with Gasteiger partial charge in [0.05, 0.1) is 0 Å². The summed E-state index contributed by atoms with van der Waals surface area (Å²) < 4.78 is 6.90. The van der Waals surface area contributed by atoms with Gasteiger partial charge in [-0.3, -0.25) is 0 Å². The molecule has 0 fully saturated rings. The molecule has 2 aromatic rings. The fourth-order valence-corrected chi connectivity index (χ4v) is 2.54. The van der Waals surface area contributed by atoms with Crippen LogP contribution < -0.4 is 0 Å². The van der Waals surface area contributed by atoms with Crippen LogP contribution >= 0.6 is 22.6 Å². The van der Waals surface area contributed by atoms with Gasteiger partial charge in [-0.05, 0) is 46.4 Å². The Kier molecular flexibility index (Phi) is 3.32. The molecule has 1 aliphatic heterocycles. The minimum absolute atomic E-state index is 0.124. The number of halogens is 1. The van der Waals surface area contributed by atoms with Crippen molar-refractivity contribution in [2.24, 2.45) is 4.99 Å². The summed E-state index contributed by atoms with van der Waals surface area (Å²) in [5, 5.41) is 0. The first-order valence-electron chi connectivity index (χ1n) is 5.84. The summed E-state index contributed by atoms with van der Waals surface area (Å²) >= 11 is 2.30. The van der Waals surface area contributed by atoms with E-state index in [0.717, 1.165) is 11.5 Å². The van der Waals surface area contributed by atoms with Crippen molar-refractivity contribution in [3.63, 3.8) is 0 Å². The van der Waals surface area contributed by atoms with Crippen LogP contribution in [0.1, 0.15) is 17.2 Å². The molecule has 0 N–H and O–H groups in total. The minimum atomic E-state index is 0.124. The van der Waals surface area contributed by atoms with E-state index in [1.807, 2.05) is 30.3 Å². The molecule has 0 saturated heterocycles. The number of hydrogen-bond acceptors (Lipinski definition) is 2. The number of rotatable bonds is 2. The second kappa shape index (κ2) is 5.10. The van der Waals surface area contributed by atoms with Crippen molar-refractivity contribution < 1.29 is 4.74 Å². The van der Waals surface area contributed by atoms with Crippen molar-refractivity contribution in [3.05, 3.63) is 69.3 Å². The molecule has 2 aromatic carbocycles. The van der Waals surface area contributed by atoms with Gasteiger partial charge >= 0.3 is 0 Å². The smallest absolute Gasteiger partial charge is 0.216 e. The lowest BCUT2D eigenvalue weighted by molar-refractivity contribution is 0.320. The summed E-state index contributed by atoms with van der Waals surface area (Å²) in [6, 6.07) is 18.6. The molecule has 0 amide bonds. The predicted molar refractivity (Wildman–Crippen MR) is 80.8 cm³/mol. The first kappa shape index (κ1) is 11.7. The second-order valence-electron chi connectivity index (χ2n) is 4.18. The molecule has 0 saturated carbocycles. The van der Waals surface area contributed by atoms with Crippen molar-refractivity contribution in [3.8, 4) is 0 Å². The lowest BCUT2D eigenvalue weighted by Gasteiger charge is -2.03. The average Bonchev–Trinajstić information content (AvgIpc) is 2.89. The van der Waals surface area contributed by atoms with E-state index < -0.39 is 0 Å². The zero-order chi connectivity index (χ0) is 12.4. The molecule has 3 rings (SSSR count). The van der Waals surface area contributed by atoms with Gasteiger partial charge in [0.2, 0.25) is 5.90 Å². The van der Waals surface area contributed by atoms with E-state index in [1.54, 1.807) is 0 Å². The highest BCUT2D eigenvalue weighted by molar-refractivity contribution is 14.1. The highest BCUT2D eigenvalue weighted by Crippen LogP contribution is 2.25. The minimum Gasteiger partial charge on any atom is -0.475 e. The quantitative estimate of drug-likeness (QED) is 0.756. The molecule has 1 atom stereocenters. The van der Waals surface area contributed by atoms with Crippen LogP contribution in [-0.4, -0.2) is 12.5 Å². The molecular weight excluding hydrogens is 337 g/mol. The van der Waals surface area contributed by atoms with E-state index in [9.17, 15) is 0 Å². The van der Waals surface area contributed by atoms with Gasteiger partial charge in [-0.2, -0.15) is 0 Å². The van der Waals surface area contributed by atoms with Crippen molar-refractivity contribution >= 4 is 28.5 Å². The lowest BCUT2D eigenvalue weighted by atomic mass is 10.1. The Morgan fingerprint density at radius 2 is 1.89 bits per heavy atom. The Morgan fingerprint density at radius 3 is 2.67 bits per heavy atom. The van der Waals surface area contributed by atoms with Crippen LogP contribution in [0.2, 0.25) is 0 Å². The molecule has 2 nitrogen and oxygen atoms in total. The van der Waals surface area contributed by atoms with E-state index in [0.29, 0.717) is 6.61 Å². The molecule has 0 bridgehead atoms. The molecule has 0 spiro atoms. The highest BCUT2D eigenvalue weighted by atomic mass is 127. The third-order valence-electron chi connectivity index (χ3n) is 2.91. The monoisotopic (exact) mass is 349 g/mol. The summed E-state index contributed by atoms with van der Waals surface area (Å²) in [5.41, 5.74) is 2.26. The maximum absolute atomic E-state index is 5.71. The van der Waals surface area contributed by atoms with Crippen molar-refractivity contribution in [2.75, 3.05) is 6.61 Å². The summed E-state index contributed by atoms with van der Waals surface area (Å²) in [6.45, 7) is 0.630. The Morgan fingerprint density at radius 1 is 1.06 bits per heavy atom. The van der Waals surface area contributed by atoms with Crippen LogP contribution in [0, 0.1) is 3.57 Å². The Labute approximate surface area is 120 Å². The van der Waals surface area contributed by atoms with Crippen LogP contribution in [-0.2, 0) is 4.74 Å². The van der Waals surface area contributed by atoms with E-state index in [-0.39, 0.29) is 6.04 Å². The molecular formula is C15H12INO. The Hall–Kier alpha value is -1.36. The van der Waals surface area contributed by atoms with Crippen LogP contribution in [0.25, 0.3) is 0 Å². The van der Waals surface area contributed by atoms with E-state index in [1.165, 1.54) is 9.13 Å². The van der Waals surface area contributed by atoms with Crippen molar-refractivity contribution in [1.82, 2.24) is 0 Å². The molecule has 0 aromatic heterocycles. The van der Waals surface area contributed by atoms with Crippen LogP contribution in [0.3, 0.4) is 0 Å². The lowest BCUT2D eigenvalue weighted by Crippen LogP contribution is -2.01. The van der Waals surface area contributed by atoms with Crippen LogP contribution in [0.5, 0.6) is 0 Å². The predicted octanol–water partition coefficient (Wildman–Crippen LogP) is 3.81. The average molecular weight is 349 g/mol. The molecule has 1 aliphatic rings. The van der Waals surface area contributed by atoms with E-state index >= 15 is 0 Å². The normalized spacial score (nSPS) is 18.3. The van der Waals surface area contributed by atoms with Crippen LogP contribution in [0.15, 0.2) is 59.6 Å². The van der Waals surface area contributed by atoms with Gasteiger partial charge in [0.25, 0.3) is 0 Å². The number of aliphatic imine (C=N–C) groups is 1. The summed E-state index contributed by atoms with van der Waals surface area (Å²) in [6.07, 6.45) is 0. The number of hydrogen-bond donors (Lipinski definition) is 0. The molecule has 1 unspecified atom stereocenters. The largest absolute Gasteiger partial charge is 0.475 e. The van der Waals surface area contributed by atoms with Crippen molar-refractivity contribution in [2.45, 2.75) is 6.04 Å². The molecule has 0 aliphatic carbocycles. The second-order valence-corrected chi connectivity index (χ2v) is 5.43. The number of ether oxygens (including phenoxy) is 1. The van der Waals surface area contributed by atoms with Gasteiger partial charge < -0.3 is 4.74 Å². The summed E-state index contributed by atoms with van der Waals surface area (Å²) in [5.74, 6) is 0.752. The molecule has 18 heavy (non-hydrogen) atoms. The third kappa shape index (κ3) is 2.41. The zero-order valence-electron chi connectivity index (χ0n) is 9.71. The van der Waals surface area contributed by atoms with Gasteiger partial charge in [0, 0.05) is 9.13 Å². The van der Waals surface area contributed by atoms with Gasteiger partial charge in [0.15, 0.2) is 0 Å². The highest BCUT2D eigenvalue weighted by Gasteiger charge is 2.21. The third-order valence-corrected chi connectivity index (χ3v) is 3.58. The van der Waals surface area contributed by atoms with Gasteiger partial charge in [-0.25, -0.2) is 4.99 Å². The van der Waals surface area contributed by atoms with Gasteiger partial charge in [0.1, 0.15) is 12.6 Å². The molecule has 90 valence electrons. The zero-order valence-corrected chi connectivity index (χ0v) is 11.9. The maximum atomic E-state index is 5.71. The van der Waals surface area contributed by atoms with Crippen LogP contribution in [0.4, 0.5) is 0 Å². The standard InChI is InChI=1S/C15H12INO/c16-13-8-4-7-12(9-13)15-17-14(10-18-15)11-5-2-1-3-6-11/h1-9,14H,10H2. The molecule has 1 heterocycles. The SMILES string of the molecule is Ic1cccc(C2=NC(c3ccccc3)CO2)c1. The fraction of sp³-hybridized carbons (Fsp3) is 0.133. The fourth-order valence-electron chi connectivity index (χ4n) is 2.00. The van der Waals surface area contributed by atoms with Gasteiger partial charge in [-0.1, -0.05) is 36.4 Å². The Balaban J connectivity index is 1.88. The molecule has 0 radical (unpaired) electrons. The summed E-state index contributed by atoms with van der Waals surface area (Å²) in [4.78, 5) is 4.66. The van der Waals surface area contributed by atoms with E-state index in [4.69, 9.17) is 4.74 Å². The first-order chi connectivity index (χ1) is 8.83. The maximum Gasteiger partial charge on any atom is 0.216 e. The van der Waals surface area contributed by atoms with E-state index in [2.05, 4.69) is 51.8 Å². The molecule has 3 heteroatoms.